The van der Waals surface area contributed by atoms with Gasteiger partial charge in [-0.1, -0.05) is 11.6 Å². The quantitative estimate of drug-likeness (QED) is 0.918. The summed E-state index contributed by atoms with van der Waals surface area (Å²) in [4.78, 5) is 0. The molecule has 0 atom stereocenters. The number of rotatable bonds is 4. The molecule has 1 fully saturated rings. The minimum Gasteiger partial charge on any atom is -0.477 e. The molecule has 17 heavy (non-hydrogen) atoms. The summed E-state index contributed by atoms with van der Waals surface area (Å²) in [5, 5.41) is 11.3. The van der Waals surface area contributed by atoms with Crippen LogP contribution in [0.3, 0.4) is 0 Å². The van der Waals surface area contributed by atoms with E-state index < -0.39 is 0 Å². The summed E-state index contributed by atoms with van der Waals surface area (Å²) >= 11 is 5.63. The standard InChI is InChI=1S/C11H16ClN3O.ClH/c12-10-1-2-11(15-14-10)16-8-5-9-3-6-13-7-4-9;/h1-2,9,13H,3-8H2;1H. The number of halogens is 2. The first-order chi connectivity index (χ1) is 7.84. The van der Waals surface area contributed by atoms with E-state index >= 15 is 0 Å². The molecule has 6 heteroatoms. The molecule has 1 aliphatic rings. The zero-order valence-electron chi connectivity index (χ0n) is 9.56. The van der Waals surface area contributed by atoms with Gasteiger partial charge in [0.25, 0.3) is 0 Å². The Balaban J connectivity index is 0.00000144. The van der Waals surface area contributed by atoms with E-state index in [0.29, 0.717) is 17.6 Å². The molecular formula is C11H17Cl2N3O. The van der Waals surface area contributed by atoms with Gasteiger partial charge in [-0.2, -0.15) is 0 Å². The molecule has 0 amide bonds. The van der Waals surface area contributed by atoms with Gasteiger partial charge in [0.1, 0.15) is 0 Å². The van der Waals surface area contributed by atoms with Crippen LogP contribution in [0.25, 0.3) is 0 Å². The number of ether oxygens (including phenoxy) is 1. The Morgan fingerprint density at radius 3 is 2.71 bits per heavy atom. The second-order valence-corrected chi connectivity index (χ2v) is 4.41. The van der Waals surface area contributed by atoms with Gasteiger partial charge in [-0.15, -0.1) is 22.6 Å². The maximum absolute atomic E-state index is 5.63. The molecule has 0 unspecified atom stereocenters. The van der Waals surface area contributed by atoms with E-state index in [1.807, 2.05) is 0 Å². The van der Waals surface area contributed by atoms with Gasteiger partial charge in [0.05, 0.1) is 6.61 Å². The lowest BCUT2D eigenvalue weighted by atomic mass is 9.95. The third-order valence-electron chi connectivity index (χ3n) is 2.84. The average Bonchev–Trinajstić information content (AvgIpc) is 2.33. The van der Waals surface area contributed by atoms with Crippen LogP contribution in [-0.4, -0.2) is 29.9 Å². The minimum absolute atomic E-state index is 0. The number of aromatic nitrogens is 2. The number of hydrogen-bond donors (Lipinski definition) is 1. The van der Waals surface area contributed by atoms with E-state index in [1.54, 1.807) is 12.1 Å². The summed E-state index contributed by atoms with van der Waals surface area (Å²) in [7, 11) is 0. The molecule has 1 aromatic rings. The van der Waals surface area contributed by atoms with Crippen molar-refractivity contribution in [3.63, 3.8) is 0 Å². The van der Waals surface area contributed by atoms with Crippen molar-refractivity contribution in [1.29, 1.82) is 0 Å². The highest BCUT2D eigenvalue weighted by Gasteiger charge is 2.12. The lowest BCUT2D eigenvalue weighted by molar-refractivity contribution is 0.243. The van der Waals surface area contributed by atoms with E-state index in [9.17, 15) is 0 Å². The smallest absolute Gasteiger partial charge is 0.233 e. The van der Waals surface area contributed by atoms with E-state index in [1.165, 1.54) is 12.8 Å². The third-order valence-corrected chi connectivity index (χ3v) is 3.04. The van der Waals surface area contributed by atoms with Crippen molar-refractivity contribution >= 4 is 24.0 Å². The van der Waals surface area contributed by atoms with E-state index in [2.05, 4.69) is 15.5 Å². The number of nitrogens with one attached hydrogen (secondary N) is 1. The highest BCUT2D eigenvalue weighted by Crippen LogP contribution is 2.16. The Labute approximate surface area is 113 Å². The largest absolute Gasteiger partial charge is 0.477 e. The van der Waals surface area contributed by atoms with Crippen LogP contribution in [0.1, 0.15) is 19.3 Å². The van der Waals surface area contributed by atoms with Gasteiger partial charge in [0, 0.05) is 6.07 Å². The highest BCUT2D eigenvalue weighted by atomic mass is 35.5. The normalized spacial score (nSPS) is 16.3. The Morgan fingerprint density at radius 2 is 2.06 bits per heavy atom. The van der Waals surface area contributed by atoms with Gasteiger partial charge in [-0.3, -0.25) is 0 Å². The highest BCUT2D eigenvalue weighted by molar-refractivity contribution is 6.29. The fraction of sp³-hybridized carbons (Fsp3) is 0.636. The van der Waals surface area contributed by atoms with Crippen molar-refractivity contribution in [2.45, 2.75) is 19.3 Å². The van der Waals surface area contributed by atoms with Crippen LogP contribution in [0.2, 0.25) is 5.15 Å². The fourth-order valence-electron chi connectivity index (χ4n) is 1.88. The van der Waals surface area contributed by atoms with Crippen molar-refractivity contribution in [1.82, 2.24) is 15.5 Å². The molecule has 1 aromatic heterocycles. The first kappa shape index (κ1) is 14.5. The summed E-state index contributed by atoms with van der Waals surface area (Å²) in [6.45, 7) is 2.97. The fourth-order valence-corrected chi connectivity index (χ4v) is 1.98. The maximum Gasteiger partial charge on any atom is 0.233 e. The molecule has 0 spiro atoms. The van der Waals surface area contributed by atoms with Gasteiger partial charge < -0.3 is 10.1 Å². The minimum atomic E-state index is 0. The van der Waals surface area contributed by atoms with Crippen LogP contribution in [0.5, 0.6) is 5.88 Å². The van der Waals surface area contributed by atoms with Gasteiger partial charge in [-0.25, -0.2) is 0 Å². The molecule has 1 N–H and O–H groups in total. The number of nitrogens with zero attached hydrogens (tertiary/aromatic N) is 2. The molecule has 0 aliphatic carbocycles. The van der Waals surface area contributed by atoms with Crippen LogP contribution in [0.4, 0.5) is 0 Å². The Bertz CT molecular complexity index is 315. The molecule has 0 radical (unpaired) electrons. The summed E-state index contributed by atoms with van der Waals surface area (Å²) in [6.07, 6.45) is 3.58. The SMILES string of the molecule is Cl.Clc1ccc(OCCC2CCNCC2)nn1. The summed E-state index contributed by atoms with van der Waals surface area (Å²) < 4.78 is 5.51. The van der Waals surface area contributed by atoms with Crippen molar-refractivity contribution in [3.05, 3.63) is 17.3 Å². The Kier molecular flexibility index (Phi) is 6.55. The van der Waals surface area contributed by atoms with Crippen LogP contribution in [0, 0.1) is 5.92 Å². The van der Waals surface area contributed by atoms with Crippen molar-refractivity contribution < 1.29 is 4.74 Å². The van der Waals surface area contributed by atoms with Gasteiger partial charge in [0.2, 0.25) is 5.88 Å². The monoisotopic (exact) mass is 277 g/mol. The van der Waals surface area contributed by atoms with Gasteiger partial charge >= 0.3 is 0 Å². The predicted octanol–water partition coefficient (Wildman–Crippen LogP) is 2.32. The maximum atomic E-state index is 5.63. The molecule has 4 nitrogen and oxygen atoms in total. The Hall–Kier alpha value is -0.580. The topological polar surface area (TPSA) is 47.0 Å². The molecule has 0 bridgehead atoms. The van der Waals surface area contributed by atoms with Crippen molar-refractivity contribution in [2.75, 3.05) is 19.7 Å². The lowest BCUT2D eigenvalue weighted by Crippen LogP contribution is -2.28. The molecule has 0 aromatic carbocycles. The van der Waals surface area contributed by atoms with E-state index in [0.717, 1.165) is 25.4 Å². The molecule has 2 rings (SSSR count). The first-order valence-corrected chi connectivity index (χ1v) is 6.05. The molecule has 2 heterocycles. The molecular weight excluding hydrogens is 261 g/mol. The zero-order valence-corrected chi connectivity index (χ0v) is 11.1. The lowest BCUT2D eigenvalue weighted by Gasteiger charge is -2.22. The predicted molar refractivity (Wildman–Crippen MR) is 70.0 cm³/mol. The second kappa shape index (κ2) is 7.69. The molecule has 1 aliphatic heterocycles. The van der Waals surface area contributed by atoms with Crippen molar-refractivity contribution in [3.8, 4) is 5.88 Å². The van der Waals surface area contributed by atoms with Gasteiger partial charge in [-0.05, 0) is 44.3 Å². The number of piperidine rings is 1. The molecule has 96 valence electrons. The summed E-state index contributed by atoms with van der Waals surface area (Å²) in [5.74, 6) is 1.33. The third kappa shape index (κ3) is 5.06. The molecule has 0 saturated carbocycles. The van der Waals surface area contributed by atoms with Crippen LogP contribution in [-0.2, 0) is 0 Å². The Morgan fingerprint density at radius 1 is 1.29 bits per heavy atom. The van der Waals surface area contributed by atoms with E-state index in [4.69, 9.17) is 16.3 Å². The van der Waals surface area contributed by atoms with Crippen LogP contribution >= 0.6 is 24.0 Å². The van der Waals surface area contributed by atoms with Crippen LogP contribution < -0.4 is 10.1 Å². The summed E-state index contributed by atoms with van der Waals surface area (Å²) in [6, 6.07) is 3.44. The van der Waals surface area contributed by atoms with Crippen LogP contribution in [0.15, 0.2) is 12.1 Å². The van der Waals surface area contributed by atoms with Gasteiger partial charge in [0.15, 0.2) is 5.15 Å². The second-order valence-electron chi connectivity index (χ2n) is 4.02. The van der Waals surface area contributed by atoms with E-state index in [-0.39, 0.29) is 12.4 Å². The van der Waals surface area contributed by atoms with Crippen molar-refractivity contribution in [2.24, 2.45) is 5.92 Å². The first-order valence-electron chi connectivity index (χ1n) is 5.67. The molecule has 1 saturated heterocycles. The number of hydrogen-bond acceptors (Lipinski definition) is 4. The summed E-state index contributed by atoms with van der Waals surface area (Å²) in [5.41, 5.74) is 0. The average molecular weight is 278 g/mol. The zero-order chi connectivity index (χ0) is 11.2.